The van der Waals surface area contributed by atoms with Gasteiger partial charge in [-0.1, -0.05) is 32.9 Å². The molecule has 1 amide bonds. The fourth-order valence-corrected chi connectivity index (χ4v) is 4.25. The van der Waals surface area contributed by atoms with Crippen LogP contribution in [0.4, 0.5) is 0 Å². The van der Waals surface area contributed by atoms with E-state index < -0.39 is 5.41 Å². The third kappa shape index (κ3) is 2.41. The van der Waals surface area contributed by atoms with Crippen LogP contribution in [0.15, 0.2) is 30.5 Å². The van der Waals surface area contributed by atoms with Gasteiger partial charge in [0.2, 0.25) is 5.91 Å². The zero-order valence-corrected chi connectivity index (χ0v) is 15.9. The van der Waals surface area contributed by atoms with Gasteiger partial charge in [0.15, 0.2) is 0 Å². The molecular formula is C21H25N3O2. The molecule has 4 rings (SSSR count). The maximum atomic E-state index is 13.6. The molecule has 1 atom stereocenters. The molecule has 1 aliphatic heterocycles. The van der Waals surface area contributed by atoms with E-state index in [-0.39, 0.29) is 11.3 Å². The molecule has 26 heavy (non-hydrogen) atoms. The fraction of sp³-hybridized carbons (Fsp3) is 0.476. The van der Waals surface area contributed by atoms with E-state index in [2.05, 4.69) is 23.8 Å². The van der Waals surface area contributed by atoms with Crippen LogP contribution in [-0.2, 0) is 29.7 Å². The topological polar surface area (TPSA) is 55.3 Å². The van der Waals surface area contributed by atoms with E-state index in [9.17, 15) is 4.79 Å². The molecule has 1 unspecified atom stereocenters. The van der Waals surface area contributed by atoms with Gasteiger partial charge >= 0.3 is 0 Å². The molecule has 1 aliphatic carbocycles. The predicted octanol–water partition coefficient (Wildman–Crippen LogP) is 3.26. The standard InChI is InChI=1S/C21H25N3O2/c1-5-18-22-10-14-11-24(12-17(14)23-18)19(25)21(13-20(21,2)3)15-6-8-16(26-4)9-7-15/h6-10H,5,11-13H2,1-4H3. The van der Waals surface area contributed by atoms with E-state index >= 15 is 0 Å². The summed E-state index contributed by atoms with van der Waals surface area (Å²) in [6.45, 7) is 7.58. The van der Waals surface area contributed by atoms with Crippen LogP contribution in [0.3, 0.4) is 0 Å². The number of carbonyl (C=O) groups excluding carboxylic acids is 1. The van der Waals surface area contributed by atoms with Gasteiger partial charge in [0.25, 0.3) is 0 Å². The first kappa shape index (κ1) is 17.0. The minimum atomic E-state index is -0.456. The Kier molecular flexibility index (Phi) is 3.79. The number of benzene rings is 1. The van der Waals surface area contributed by atoms with Crippen molar-refractivity contribution >= 4 is 5.91 Å². The Bertz CT molecular complexity index is 860. The second-order valence-corrected chi connectivity index (χ2v) is 7.97. The number of carbonyl (C=O) groups is 1. The van der Waals surface area contributed by atoms with E-state index in [1.54, 1.807) is 7.11 Å². The van der Waals surface area contributed by atoms with Gasteiger partial charge in [0, 0.05) is 24.7 Å². The van der Waals surface area contributed by atoms with Crippen LogP contribution in [0.5, 0.6) is 5.75 Å². The zero-order valence-electron chi connectivity index (χ0n) is 15.9. The molecule has 136 valence electrons. The van der Waals surface area contributed by atoms with Gasteiger partial charge in [0.1, 0.15) is 11.6 Å². The summed E-state index contributed by atoms with van der Waals surface area (Å²) in [5.41, 5.74) is 2.63. The minimum absolute atomic E-state index is 0.0479. The first-order chi connectivity index (χ1) is 12.4. The minimum Gasteiger partial charge on any atom is -0.497 e. The van der Waals surface area contributed by atoms with Crippen molar-refractivity contribution in [3.8, 4) is 5.75 Å². The SMILES string of the molecule is CCc1ncc2c(n1)CN(C(=O)C1(c3ccc(OC)cc3)CC1(C)C)C2. The molecule has 0 radical (unpaired) electrons. The van der Waals surface area contributed by atoms with Crippen molar-refractivity contribution in [2.75, 3.05) is 7.11 Å². The number of ether oxygens (including phenoxy) is 1. The number of aromatic nitrogens is 2. The largest absolute Gasteiger partial charge is 0.497 e. The van der Waals surface area contributed by atoms with Crippen molar-refractivity contribution in [2.45, 2.75) is 52.1 Å². The molecule has 5 nitrogen and oxygen atoms in total. The van der Waals surface area contributed by atoms with E-state index in [4.69, 9.17) is 4.74 Å². The van der Waals surface area contributed by atoms with Crippen molar-refractivity contribution in [2.24, 2.45) is 5.41 Å². The summed E-state index contributed by atoms with van der Waals surface area (Å²) in [6, 6.07) is 7.94. The highest BCUT2D eigenvalue weighted by molar-refractivity contribution is 5.93. The summed E-state index contributed by atoms with van der Waals surface area (Å²) in [5, 5.41) is 0. The average molecular weight is 351 g/mol. The highest BCUT2D eigenvalue weighted by Gasteiger charge is 2.68. The van der Waals surface area contributed by atoms with E-state index in [0.29, 0.717) is 13.1 Å². The predicted molar refractivity (Wildman–Crippen MR) is 98.7 cm³/mol. The molecule has 0 saturated heterocycles. The molecule has 1 saturated carbocycles. The van der Waals surface area contributed by atoms with Crippen molar-refractivity contribution in [3.63, 3.8) is 0 Å². The first-order valence-electron chi connectivity index (χ1n) is 9.19. The number of amides is 1. The Morgan fingerprint density at radius 1 is 1.23 bits per heavy atom. The lowest BCUT2D eigenvalue weighted by atomic mass is 9.86. The highest BCUT2D eigenvalue weighted by atomic mass is 16.5. The van der Waals surface area contributed by atoms with Gasteiger partial charge in [-0.2, -0.15) is 0 Å². The summed E-state index contributed by atoms with van der Waals surface area (Å²) in [4.78, 5) is 24.5. The van der Waals surface area contributed by atoms with Gasteiger partial charge in [-0.3, -0.25) is 4.79 Å². The molecule has 1 fully saturated rings. The normalized spacial score (nSPS) is 22.8. The number of hydrogen-bond donors (Lipinski definition) is 0. The maximum absolute atomic E-state index is 13.6. The van der Waals surface area contributed by atoms with Gasteiger partial charge in [-0.05, 0) is 29.5 Å². The molecule has 1 aromatic heterocycles. The summed E-state index contributed by atoms with van der Waals surface area (Å²) in [6.07, 6.45) is 3.56. The van der Waals surface area contributed by atoms with Crippen molar-refractivity contribution in [1.82, 2.24) is 14.9 Å². The quantitative estimate of drug-likeness (QED) is 0.848. The smallest absolute Gasteiger partial charge is 0.234 e. The monoisotopic (exact) mass is 351 g/mol. The summed E-state index contributed by atoms with van der Waals surface area (Å²) >= 11 is 0. The van der Waals surface area contributed by atoms with Gasteiger partial charge in [-0.15, -0.1) is 0 Å². The zero-order chi connectivity index (χ0) is 18.5. The number of fused-ring (bicyclic) bond motifs is 1. The van der Waals surface area contributed by atoms with Crippen LogP contribution in [0.2, 0.25) is 0 Å². The summed E-state index contributed by atoms with van der Waals surface area (Å²) in [7, 11) is 1.66. The second-order valence-electron chi connectivity index (χ2n) is 7.97. The first-order valence-corrected chi connectivity index (χ1v) is 9.19. The molecule has 5 heteroatoms. The van der Waals surface area contributed by atoms with Crippen LogP contribution < -0.4 is 4.74 Å². The Morgan fingerprint density at radius 3 is 2.50 bits per heavy atom. The number of aryl methyl sites for hydroxylation is 1. The third-order valence-electron chi connectivity index (χ3n) is 5.99. The van der Waals surface area contributed by atoms with Gasteiger partial charge in [-0.25, -0.2) is 9.97 Å². The number of nitrogens with zero attached hydrogens (tertiary/aromatic N) is 3. The van der Waals surface area contributed by atoms with E-state index in [1.165, 1.54) is 0 Å². The van der Waals surface area contributed by atoms with Crippen molar-refractivity contribution in [3.05, 3.63) is 53.1 Å². The lowest BCUT2D eigenvalue weighted by molar-refractivity contribution is -0.135. The number of hydrogen-bond acceptors (Lipinski definition) is 4. The Morgan fingerprint density at radius 2 is 1.92 bits per heavy atom. The van der Waals surface area contributed by atoms with E-state index in [0.717, 1.165) is 41.2 Å². The molecular weight excluding hydrogens is 326 g/mol. The molecule has 0 bridgehead atoms. The van der Waals surface area contributed by atoms with E-state index in [1.807, 2.05) is 42.3 Å². The number of rotatable bonds is 4. The van der Waals surface area contributed by atoms with Gasteiger partial charge < -0.3 is 9.64 Å². The van der Waals surface area contributed by atoms with Crippen molar-refractivity contribution in [1.29, 1.82) is 0 Å². The van der Waals surface area contributed by atoms with Crippen LogP contribution >= 0.6 is 0 Å². The molecule has 0 N–H and O–H groups in total. The van der Waals surface area contributed by atoms with Crippen LogP contribution in [0.25, 0.3) is 0 Å². The fourth-order valence-electron chi connectivity index (χ4n) is 4.25. The summed E-state index contributed by atoms with van der Waals surface area (Å²) in [5.74, 6) is 1.85. The Labute approximate surface area is 154 Å². The lowest BCUT2D eigenvalue weighted by Gasteiger charge is -2.26. The number of methoxy groups -OCH3 is 1. The maximum Gasteiger partial charge on any atom is 0.234 e. The molecule has 2 aliphatic rings. The van der Waals surface area contributed by atoms with Crippen LogP contribution in [0.1, 0.15) is 49.8 Å². The average Bonchev–Trinajstić information content (AvgIpc) is 3.03. The molecule has 1 aromatic carbocycles. The second kappa shape index (κ2) is 5.79. The van der Waals surface area contributed by atoms with Gasteiger partial charge in [0.05, 0.1) is 24.8 Å². The highest BCUT2D eigenvalue weighted by Crippen LogP contribution is 2.65. The van der Waals surface area contributed by atoms with Crippen molar-refractivity contribution < 1.29 is 9.53 Å². The molecule has 2 aromatic rings. The van der Waals surface area contributed by atoms with Crippen LogP contribution in [-0.4, -0.2) is 27.9 Å². The Hall–Kier alpha value is -2.43. The lowest BCUT2D eigenvalue weighted by Crippen LogP contribution is -2.38. The molecule has 0 spiro atoms. The molecule has 2 heterocycles. The third-order valence-corrected chi connectivity index (χ3v) is 5.99. The Balaban J connectivity index is 1.63. The van der Waals surface area contributed by atoms with Crippen LogP contribution in [0, 0.1) is 5.41 Å². The summed E-state index contributed by atoms with van der Waals surface area (Å²) < 4.78 is 5.27.